The van der Waals surface area contributed by atoms with Gasteiger partial charge in [-0.3, -0.25) is 4.79 Å². The van der Waals surface area contributed by atoms with Crippen LogP contribution in [0.2, 0.25) is 0 Å². The Morgan fingerprint density at radius 1 is 0.952 bits per heavy atom. The first-order valence-electron chi connectivity index (χ1n) is 15.5. The monoisotopic (exact) mass is 614 g/mol. The highest BCUT2D eigenvalue weighted by molar-refractivity contribution is 5.85. The Morgan fingerprint density at radius 3 is 1.67 bits per heavy atom. The predicted molar refractivity (Wildman–Crippen MR) is 161 cm³/mol. The van der Waals surface area contributed by atoms with Crippen molar-refractivity contribution in [3.05, 3.63) is 0 Å². The molecular weight excluding hydrogens is 552 g/mol. The molecule has 0 radical (unpaired) electrons. The van der Waals surface area contributed by atoms with Crippen LogP contribution < -0.4 is 0 Å². The van der Waals surface area contributed by atoms with E-state index >= 15 is 0 Å². The van der Waals surface area contributed by atoms with Gasteiger partial charge in [0.15, 0.2) is 0 Å². The van der Waals surface area contributed by atoms with Gasteiger partial charge in [-0.1, -0.05) is 34.6 Å². The Kier molecular flexibility index (Phi) is 17.1. The summed E-state index contributed by atoms with van der Waals surface area (Å²) in [6, 6.07) is -1.38. The number of Topliss-reactive ketones (excluding diaryl/α,β-unsaturated/α-hetero) is 1. The van der Waals surface area contributed by atoms with Crippen LogP contribution in [0, 0.1) is 11.3 Å². The zero-order chi connectivity index (χ0) is 36.8. The maximum Gasteiger partial charge on any atom is 0.407 e. The molecule has 2 aliphatic rings. The fourth-order valence-corrected chi connectivity index (χ4v) is 3.85. The summed E-state index contributed by atoms with van der Waals surface area (Å²) in [6.45, 7) is 13.9. The topological polar surface area (TPSA) is 200 Å². The van der Waals surface area contributed by atoms with E-state index in [0.29, 0.717) is 26.2 Å². The lowest BCUT2D eigenvalue weighted by Gasteiger charge is -2.28. The van der Waals surface area contributed by atoms with Crippen molar-refractivity contribution < 1.29 is 46.5 Å². The summed E-state index contributed by atoms with van der Waals surface area (Å²) in [4.78, 5) is 53.3. The van der Waals surface area contributed by atoms with E-state index in [-0.39, 0.29) is 23.1 Å². The number of carbonyl (C=O) groups excluding carboxylic acids is 2. The molecule has 2 fully saturated rings. The number of hydrogen-bond acceptors (Lipinski definition) is 10. The summed E-state index contributed by atoms with van der Waals surface area (Å²) < 4.78 is 24.1. The number of carbonyl (C=O) groups is 4. The molecule has 250 valence electrons. The summed E-state index contributed by atoms with van der Waals surface area (Å²) in [5, 5.41) is 21.2. The summed E-state index contributed by atoms with van der Waals surface area (Å²) >= 11 is 0. The Hall–Kier alpha value is -2.72. The van der Waals surface area contributed by atoms with E-state index in [1.807, 2.05) is 48.7 Å². The highest BCUT2D eigenvalue weighted by Gasteiger charge is 2.39. The van der Waals surface area contributed by atoms with Crippen LogP contribution in [0.15, 0.2) is 0 Å². The first-order chi connectivity index (χ1) is 21.3. The minimum atomic E-state index is -1.51. The number of ketones is 1. The molecular formula is C27H58N6O9. The second-order valence-corrected chi connectivity index (χ2v) is 11.4. The molecule has 4 amide bonds. The summed E-state index contributed by atoms with van der Waals surface area (Å²) in [6.07, 6.45) is 1.05. The summed E-state index contributed by atoms with van der Waals surface area (Å²) in [5.41, 5.74) is 5.89. The Bertz CT molecular complexity index is 871. The third-order valence-electron chi connectivity index (χ3n) is 6.86. The number of aliphatic hydroxyl groups is 2. The zero-order valence-corrected chi connectivity index (χ0v) is 27.4. The number of rotatable bonds is 9. The molecule has 0 aromatic heterocycles. The lowest BCUT2D eigenvalue weighted by molar-refractivity contribution is -0.306. The van der Waals surface area contributed by atoms with Crippen LogP contribution in [0.5, 0.6) is 0 Å². The summed E-state index contributed by atoms with van der Waals surface area (Å²) in [7, 11) is 10.2. The lowest BCUT2D eigenvalue weighted by atomic mass is 9.79. The van der Waals surface area contributed by atoms with E-state index in [4.69, 9.17) is 11.2 Å². The molecule has 0 aromatic rings. The van der Waals surface area contributed by atoms with E-state index in [9.17, 15) is 24.3 Å². The van der Waals surface area contributed by atoms with E-state index in [2.05, 4.69) is 15.3 Å². The van der Waals surface area contributed by atoms with Gasteiger partial charge in [0.2, 0.25) is 2.86 Å². The maximum atomic E-state index is 11.9. The molecule has 42 heavy (non-hydrogen) atoms. The molecule has 0 spiro atoms. The lowest BCUT2D eigenvalue weighted by Crippen LogP contribution is -2.50. The van der Waals surface area contributed by atoms with Gasteiger partial charge in [-0.2, -0.15) is 0 Å². The van der Waals surface area contributed by atoms with E-state index in [0.717, 1.165) is 32.4 Å². The van der Waals surface area contributed by atoms with Crippen molar-refractivity contribution in [1.82, 2.24) is 29.4 Å². The van der Waals surface area contributed by atoms with Crippen molar-refractivity contribution in [1.29, 1.82) is 4.29 Å². The molecule has 0 aromatic carbocycles. The second-order valence-electron chi connectivity index (χ2n) is 11.4. The van der Waals surface area contributed by atoms with Crippen LogP contribution in [0.1, 0.15) is 55.3 Å². The first-order valence-corrected chi connectivity index (χ1v) is 13.8. The minimum Gasteiger partial charge on any atom is -0.465 e. The van der Waals surface area contributed by atoms with Crippen molar-refractivity contribution in [2.45, 2.75) is 59.9 Å². The molecule has 2 saturated heterocycles. The van der Waals surface area contributed by atoms with Gasteiger partial charge in [0.25, 0.3) is 8.90 Å². The van der Waals surface area contributed by atoms with Crippen LogP contribution >= 0.6 is 0 Å². The molecule has 0 aliphatic carbocycles. The number of nitrogens with zero attached hydrogens (tertiary/aromatic N) is 6. The van der Waals surface area contributed by atoms with Crippen LogP contribution in [0.4, 0.5) is 14.4 Å². The van der Waals surface area contributed by atoms with Crippen molar-refractivity contribution >= 4 is 24.0 Å². The molecule has 15 heteroatoms. The number of amides is 4. The molecule has 0 saturated carbocycles. The summed E-state index contributed by atoms with van der Waals surface area (Å²) in [5.74, 6) is 0.268. The first kappa shape index (κ1) is 35.5. The Labute approximate surface area is 257 Å². The average molecular weight is 615 g/mol. The Morgan fingerprint density at radius 2 is 1.38 bits per heavy atom. The predicted octanol–water partition coefficient (Wildman–Crippen LogP) is 1.25. The molecule has 0 unspecified atom stereocenters. The van der Waals surface area contributed by atoms with Crippen molar-refractivity contribution in [3.8, 4) is 0 Å². The van der Waals surface area contributed by atoms with Gasteiger partial charge < -0.3 is 45.5 Å². The number of hydrogen-bond donors (Lipinski definition) is 4. The van der Waals surface area contributed by atoms with Gasteiger partial charge in [0, 0.05) is 78.8 Å². The minimum absolute atomic E-state index is 0.0286. The van der Waals surface area contributed by atoms with Crippen LogP contribution in [-0.2, 0) is 4.79 Å². The largest absolute Gasteiger partial charge is 0.465 e. The molecule has 2 aliphatic heterocycles. The van der Waals surface area contributed by atoms with E-state index in [1.165, 1.54) is 9.80 Å². The van der Waals surface area contributed by atoms with Crippen LogP contribution in [-0.4, -0.2) is 168 Å². The van der Waals surface area contributed by atoms with Gasteiger partial charge >= 0.3 is 18.2 Å². The van der Waals surface area contributed by atoms with Crippen molar-refractivity contribution in [3.63, 3.8) is 0 Å². The van der Waals surface area contributed by atoms with Gasteiger partial charge in [0.1, 0.15) is 5.78 Å². The second kappa shape index (κ2) is 20.2. The fourth-order valence-electron chi connectivity index (χ4n) is 3.85. The molecule has 6 N–H and O–H groups in total. The third kappa shape index (κ3) is 16.1. The zero-order valence-electron chi connectivity index (χ0n) is 31.4. The van der Waals surface area contributed by atoms with Gasteiger partial charge in [-0.25, -0.2) is 24.2 Å². The Balaban J connectivity index is -0.000000550. The highest BCUT2D eigenvalue weighted by Crippen LogP contribution is 2.27. The van der Waals surface area contributed by atoms with Gasteiger partial charge in [-0.15, -0.1) is 0 Å². The molecule has 0 bridgehead atoms. The standard InChI is InChI=1S/C12H23NO3.C5H12N2O2.C5H10N2O.C5H11NO2.H2O/c1-9(2)10(14)12(3,4)7-6-8-13(5)11(15)16;1-6-3-4-7(2)5(6,8)9;1-6-3-4-7(2)5(6)8;1-3-4-6(2)5(7)8;/h9H,6-8H2,1-5H3,(H,15,16);8-9H,3-4H2,1-2H3;3-4H2,1-2H3;3-4H2,1-2H3,(H,7,8);1H2/i;8D;;;/hD3. The maximum absolute atomic E-state index is 11.9. The normalized spacial score (nSPS) is 17.2. The number of carboxylic acid groups (broad SMARTS) is 2. The molecule has 0 atom stereocenters. The van der Waals surface area contributed by atoms with Crippen LogP contribution in [0.25, 0.3) is 2.86 Å². The third-order valence-corrected chi connectivity index (χ3v) is 6.86. The van der Waals surface area contributed by atoms with E-state index in [1.54, 1.807) is 47.8 Å². The smallest absolute Gasteiger partial charge is 0.407 e. The fraction of sp³-hybridized carbons (Fsp3) is 0.852. The number of urea groups is 1. The highest BCUT2D eigenvalue weighted by atomic mass is 16.6. The molecule has 15 nitrogen and oxygen atoms in total. The average Bonchev–Trinajstić information content (AvgIpc) is 3.47. The molecule has 2 heterocycles. The van der Waals surface area contributed by atoms with Crippen molar-refractivity contribution in [2.24, 2.45) is 11.3 Å². The van der Waals surface area contributed by atoms with Crippen LogP contribution in [0.3, 0.4) is 0 Å². The van der Waals surface area contributed by atoms with Gasteiger partial charge in [-0.05, 0) is 33.4 Å². The van der Waals surface area contributed by atoms with Crippen molar-refractivity contribution in [2.75, 3.05) is 81.6 Å². The van der Waals surface area contributed by atoms with Gasteiger partial charge in [0.05, 0.1) is 0 Å². The number of likely N-dealkylation sites (N-methyl/N-ethyl adjacent to an activating group) is 4. The quantitative estimate of drug-likeness (QED) is 0.274. The SMILES string of the molecule is CN1CCN(C)C1=O.[2H]O.[2H]OC(=O)N(C)CCC.[2H]OC(=O)N(C)CCCC(C)(C)C(=O)C(C)C.[2H]OC1(O)N(C)CCN1C. The molecule has 2 rings (SSSR count). The van der Waals surface area contributed by atoms with E-state index < -0.39 is 18.2 Å².